The van der Waals surface area contributed by atoms with E-state index < -0.39 is 0 Å². The number of unbranched alkanes of at least 4 members (excludes halogenated alkanes) is 1. The van der Waals surface area contributed by atoms with Crippen molar-refractivity contribution in [1.29, 1.82) is 0 Å². The van der Waals surface area contributed by atoms with E-state index in [0.29, 0.717) is 0 Å². The lowest BCUT2D eigenvalue weighted by Gasteiger charge is -2.02. The summed E-state index contributed by atoms with van der Waals surface area (Å²) in [6.07, 6.45) is 5.09. The van der Waals surface area contributed by atoms with Gasteiger partial charge in [0.1, 0.15) is 0 Å². The van der Waals surface area contributed by atoms with Gasteiger partial charge in [-0.25, -0.2) is 0 Å². The van der Waals surface area contributed by atoms with Crippen LogP contribution in [0.15, 0.2) is 35.9 Å². The van der Waals surface area contributed by atoms with E-state index in [9.17, 15) is 4.79 Å². The molecule has 1 heteroatoms. The van der Waals surface area contributed by atoms with Crippen LogP contribution < -0.4 is 0 Å². The van der Waals surface area contributed by atoms with Crippen molar-refractivity contribution in [1.82, 2.24) is 0 Å². The van der Waals surface area contributed by atoms with Gasteiger partial charge in [-0.1, -0.05) is 43.7 Å². The van der Waals surface area contributed by atoms with E-state index in [1.54, 1.807) is 6.92 Å². The van der Waals surface area contributed by atoms with Crippen LogP contribution in [0.5, 0.6) is 0 Å². The Bertz CT molecular complexity index is 336. The van der Waals surface area contributed by atoms with E-state index in [0.717, 1.165) is 30.4 Å². The van der Waals surface area contributed by atoms with Gasteiger partial charge in [-0.15, -0.1) is 0 Å². The number of Topliss-reactive ketones (excluding diaryl/α,β-unsaturated/α-hetero) is 1. The Morgan fingerprint density at radius 3 is 2.47 bits per heavy atom. The van der Waals surface area contributed by atoms with Gasteiger partial charge in [0.05, 0.1) is 0 Å². The highest BCUT2D eigenvalue weighted by atomic mass is 16.1. The third kappa shape index (κ3) is 4.11. The van der Waals surface area contributed by atoms with Crippen molar-refractivity contribution in [3.63, 3.8) is 0 Å². The number of ketones is 1. The van der Waals surface area contributed by atoms with Crippen molar-refractivity contribution in [2.45, 2.75) is 33.1 Å². The molecule has 0 aromatic heterocycles. The SMILES string of the molecule is CCCCC(=Cc1ccccc1)C(C)=O. The maximum Gasteiger partial charge on any atom is 0.155 e. The van der Waals surface area contributed by atoms with Crippen LogP contribution in [0.3, 0.4) is 0 Å². The minimum absolute atomic E-state index is 0.187. The molecule has 1 rings (SSSR count). The van der Waals surface area contributed by atoms with Crippen molar-refractivity contribution < 1.29 is 4.79 Å². The van der Waals surface area contributed by atoms with Crippen molar-refractivity contribution >= 4 is 11.9 Å². The summed E-state index contributed by atoms with van der Waals surface area (Å²) in [5, 5.41) is 0. The Kier molecular flexibility index (Phi) is 4.82. The molecule has 15 heavy (non-hydrogen) atoms. The second kappa shape index (κ2) is 6.18. The summed E-state index contributed by atoms with van der Waals surface area (Å²) in [5.74, 6) is 0.187. The third-order valence-corrected chi connectivity index (χ3v) is 2.39. The summed E-state index contributed by atoms with van der Waals surface area (Å²) in [4.78, 5) is 11.4. The highest BCUT2D eigenvalue weighted by Gasteiger charge is 2.02. The molecule has 0 amide bonds. The highest BCUT2D eigenvalue weighted by Crippen LogP contribution is 2.13. The third-order valence-electron chi connectivity index (χ3n) is 2.39. The zero-order valence-corrected chi connectivity index (χ0v) is 9.49. The first kappa shape index (κ1) is 11.7. The Hall–Kier alpha value is -1.37. The Morgan fingerprint density at radius 1 is 1.27 bits per heavy atom. The first-order chi connectivity index (χ1) is 7.24. The molecule has 0 spiro atoms. The Labute approximate surface area is 91.8 Å². The van der Waals surface area contributed by atoms with E-state index in [2.05, 4.69) is 6.92 Å². The van der Waals surface area contributed by atoms with Crippen LogP contribution in [0.2, 0.25) is 0 Å². The first-order valence-electron chi connectivity index (χ1n) is 5.50. The molecule has 0 saturated heterocycles. The molecular weight excluding hydrogens is 184 g/mol. The molecule has 0 saturated carbocycles. The van der Waals surface area contributed by atoms with Crippen LogP contribution in [-0.2, 0) is 4.79 Å². The van der Waals surface area contributed by atoms with Gasteiger partial charge in [-0.2, -0.15) is 0 Å². The Morgan fingerprint density at radius 2 is 1.93 bits per heavy atom. The van der Waals surface area contributed by atoms with Gasteiger partial charge >= 0.3 is 0 Å². The van der Waals surface area contributed by atoms with E-state index >= 15 is 0 Å². The predicted molar refractivity (Wildman–Crippen MR) is 64.6 cm³/mol. The summed E-state index contributed by atoms with van der Waals surface area (Å²) in [6.45, 7) is 3.78. The average Bonchev–Trinajstić information content (AvgIpc) is 2.25. The molecule has 0 atom stereocenters. The zero-order chi connectivity index (χ0) is 11.1. The van der Waals surface area contributed by atoms with E-state index in [1.165, 1.54) is 0 Å². The molecule has 0 fully saturated rings. The fraction of sp³-hybridized carbons (Fsp3) is 0.357. The molecule has 80 valence electrons. The number of rotatable bonds is 5. The smallest absolute Gasteiger partial charge is 0.155 e. The van der Waals surface area contributed by atoms with Crippen LogP contribution in [0.25, 0.3) is 6.08 Å². The van der Waals surface area contributed by atoms with Gasteiger partial charge in [0, 0.05) is 0 Å². The Balaban J connectivity index is 2.79. The topological polar surface area (TPSA) is 17.1 Å². The molecule has 0 aliphatic rings. The molecule has 1 aromatic rings. The molecule has 1 aromatic carbocycles. The van der Waals surface area contributed by atoms with Crippen molar-refractivity contribution in [2.75, 3.05) is 0 Å². The van der Waals surface area contributed by atoms with Crippen LogP contribution >= 0.6 is 0 Å². The van der Waals surface area contributed by atoms with Gasteiger partial charge < -0.3 is 0 Å². The number of allylic oxidation sites excluding steroid dienone is 1. The van der Waals surface area contributed by atoms with Gasteiger partial charge in [0.15, 0.2) is 5.78 Å². The molecule has 0 N–H and O–H groups in total. The molecule has 0 unspecified atom stereocenters. The standard InChI is InChI=1S/C14H18O/c1-3-4-10-14(12(2)15)11-13-8-6-5-7-9-13/h5-9,11H,3-4,10H2,1-2H3. The predicted octanol–water partition coefficient (Wildman–Crippen LogP) is 3.85. The highest BCUT2D eigenvalue weighted by molar-refractivity contribution is 5.97. The monoisotopic (exact) mass is 202 g/mol. The normalized spacial score (nSPS) is 11.5. The summed E-state index contributed by atoms with van der Waals surface area (Å²) >= 11 is 0. The van der Waals surface area contributed by atoms with E-state index in [4.69, 9.17) is 0 Å². The number of hydrogen-bond donors (Lipinski definition) is 0. The average molecular weight is 202 g/mol. The number of benzene rings is 1. The van der Waals surface area contributed by atoms with Crippen LogP contribution in [0, 0.1) is 0 Å². The van der Waals surface area contributed by atoms with Crippen LogP contribution in [0.1, 0.15) is 38.7 Å². The molecule has 0 aliphatic carbocycles. The minimum atomic E-state index is 0.187. The molecular formula is C14H18O. The molecule has 0 aliphatic heterocycles. The largest absolute Gasteiger partial charge is 0.295 e. The van der Waals surface area contributed by atoms with Gasteiger partial charge in [-0.05, 0) is 37.0 Å². The minimum Gasteiger partial charge on any atom is -0.295 e. The summed E-state index contributed by atoms with van der Waals surface area (Å²) < 4.78 is 0. The van der Waals surface area contributed by atoms with Gasteiger partial charge in [-0.3, -0.25) is 4.79 Å². The van der Waals surface area contributed by atoms with Crippen molar-refractivity contribution in [2.24, 2.45) is 0 Å². The van der Waals surface area contributed by atoms with E-state index in [1.807, 2.05) is 36.4 Å². The molecule has 0 heterocycles. The molecule has 1 nitrogen and oxygen atoms in total. The lowest BCUT2D eigenvalue weighted by Crippen LogP contribution is -1.96. The lowest BCUT2D eigenvalue weighted by atomic mass is 10.0. The van der Waals surface area contributed by atoms with Crippen LogP contribution in [0.4, 0.5) is 0 Å². The molecule has 0 bridgehead atoms. The quantitative estimate of drug-likeness (QED) is 0.663. The number of carbonyl (C=O) groups excluding carboxylic acids is 1. The maximum absolute atomic E-state index is 11.4. The van der Waals surface area contributed by atoms with Crippen molar-refractivity contribution in [3.05, 3.63) is 41.5 Å². The van der Waals surface area contributed by atoms with Gasteiger partial charge in [0.25, 0.3) is 0 Å². The fourth-order valence-electron chi connectivity index (χ4n) is 1.47. The maximum atomic E-state index is 11.4. The van der Waals surface area contributed by atoms with Gasteiger partial charge in [0.2, 0.25) is 0 Å². The number of hydrogen-bond acceptors (Lipinski definition) is 1. The zero-order valence-electron chi connectivity index (χ0n) is 9.49. The first-order valence-corrected chi connectivity index (χ1v) is 5.50. The fourth-order valence-corrected chi connectivity index (χ4v) is 1.47. The summed E-state index contributed by atoms with van der Waals surface area (Å²) in [7, 11) is 0. The lowest BCUT2D eigenvalue weighted by molar-refractivity contribution is -0.113. The van der Waals surface area contributed by atoms with E-state index in [-0.39, 0.29) is 5.78 Å². The second-order valence-corrected chi connectivity index (χ2v) is 3.74. The number of carbonyl (C=O) groups is 1. The summed E-state index contributed by atoms with van der Waals surface area (Å²) in [6, 6.07) is 10.0. The van der Waals surface area contributed by atoms with Crippen LogP contribution in [-0.4, -0.2) is 5.78 Å². The molecule has 0 radical (unpaired) electrons. The van der Waals surface area contributed by atoms with Crippen molar-refractivity contribution in [3.8, 4) is 0 Å². The summed E-state index contributed by atoms with van der Waals surface area (Å²) in [5.41, 5.74) is 2.04. The second-order valence-electron chi connectivity index (χ2n) is 3.74.